The Balaban J connectivity index is 1.89. The van der Waals surface area contributed by atoms with Crippen LogP contribution in [0.3, 0.4) is 0 Å². The van der Waals surface area contributed by atoms with Crippen molar-refractivity contribution in [3.05, 3.63) is 53.7 Å². The summed E-state index contributed by atoms with van der Waals surface area (Å²) in [6, 6.07) is 12.0. The Bertz CT molecular complexity index is 1810. The number of ether oxygens (including phenoxy) is 5. The number of carbonyl (C=O) groups is 2. The number of aromatic carboxylic acids is 1. The van der Waals surface area contributed by atoms with Gasteiger partial charge in [0.1, 0.15) is 28.2 Å². The summed E-state index contributed by atoms with van der Waals surface area (Å²) >= 11 is 1.09. The second-order valence-corrected chi connectivity index (χ2v) is 9.54. The lowest BCUT2D eigenvalue weighted by Crippen LogP contribution is -2.12. The van der Waals surface area contributed by atoms with Crippen molar-refractivity contribution in [3.63, 3.8) is 0 Å². The minimum absolute atomic E-state index is 0.0826. The molecular formula is C29H27N3O9S. The fraction of sp³-hybridized carbons (Fsp3) is 0.241. The number of hydrogen-bond acceptors (Lipinski definition) is 10. The van der Waals surface area contributed by atoms with E-state index in [-0.39, 0.29) is 35.9 Å². The first-order valence-electron chi connectivity index (χ1n) is 12.7. The fourth-order valence-corrected chi connectivity index (χ4v) is 5.43. The van der Waals surface area contributed by atoms with E-state index in [0.717, 1.165) is 22.8 Å². The van der Waals surface area contributed by atoms with Crippen LogP contribution < -0.4 is 23.7 Å². The second kappa shape index (κ2) is 11.8. The van der Waals surface area contributed by atoms with Gasteiger partial charge in [-0.15, -0.1) is 0 Å². The zero-order valence-corrected chi connectivity index (χ0v) is 24.0. The monoisotopic (exact) mass is 593 g/mol. The van der Waals surface area contributed by atoms with E-state index >= 15 is 0 Å². The van der Waals surface area contributed by atoms with Crippen LogP contribution >= 0.6 is 11.7 Å². The molecule has 0 aliphatic rings. The third-order valence-electron chi connectivity index (χ3n) is 6.61. The number of fused-ring (bicyclic) bond motifs is 2. The average Bonchev–Trinajstić information content (AvgIpc) is 3.58. The van der Waals surface area contributed by atoms with Crippen LogP contribution in [0.4, 0.5) is 0 Å². The van der Waals surface area contributed by atoms with E-state index in [2.05, 4.69) is 8.75 Å². The van der Waals surface area contributed by atoms with Gasteiger partial charge >= 0.3 is 11.9 Å². The number of methoxy groups -OCH3 is 3. The van der Waals surface area contributed by atoms with Gasteiger partial charge in [0, 0.05) is 29.8 Å². The predicted molar refractivity (Wildman–Crippen MR) is 155 cm³/mol. The molecule has 0 radical (unpaired) electrons. The summed E-state index contributed by atoms with van der Waals surface area (Å²) in [5.41, 5.74) is 3.19. The zero-order chi connectivity index (χ0) is 30.0. The molecule has 0 unspecified atom stereocenters. The van der Waals surface area contributed by atoms with Crippen molar-refractivity contribution >= 4 is 45.6 Å². The highest BCUT2D eigenvalue weighted by atomic mass is 32.1. The first-order chi connectivity index (χ1) is 20.3. The molecule has 5 aromatic rings. The maximum absolute atomic E-state index is 13.1. The topological polar surface area (TPSA) is 151 Å². The number of carboxylic acids is 2. The number of carboxylic acid groups (broad SMARTS) is 2. The second-order valence-electron chi connectivity index (χ2n) is 9.02. The van der Waals surface area contributed by atoms with Gasteiger partial charge in [-0.2, -0.15) is 8.75 Å². The molecule has 0 bridgehead atoms. The quantitative estimate of drug-likeness (QED) is 0.202. The molecule has 0 atom stereocenters. The number of hydrogen-bond donors (Lipinski definition) is 2. The first kappa shape index (κ1) is 28.5. The molecule has 218 valence electrons. The summed E-state index contributed by atoms with van der Waals surface area (Å²) in [5, 5.41) is 20.4. The highest BCUT2D eigenvalue weighted by Crippen LogP contribution is 2.51. The average molecular weight is 594 g/mol. The van der Waals surface area contributed by atoms with Crippen LogP contribution in [0, 0.1) is 0 Å². The van der Waals surface area contributed by atoms with Crippen LogP contribution in [-0.4, -0.2) is 70.0 Å². The molecule has 42 heavy (non-hydrogen) atoms. The van der Waals surface area contributed by atoms with Gasteiger partial charge in [0.25, 0.3) is 0 Å². The van der Waals surface area contributed by atoms with E-state index in [1.807, 2.05) is 25.1 Å². The van der Waals surface area contributed by atoms with Crippen LogP contribution in [0.5, 0.6) is 28.7 Å². The highest BCUT2D eigenvalue weighted by molar-refractivity contribution is 7.00. The molecule has 0 amide bonds. The van der Waals surface area contributed by atoms with Gasteiger partial charge in [-0.05, 0) is 36.8 Å². The van der Waals surface area contributed by atoms with Gasteiger partial charge in [0.2, 0.25) is 5.75 Å². The lowest BCUT2D eigenvalue weighted by molar-refractivity contribution is -0.139. The summed E-state index contributed by atoms with van der Waals surface area (Å²) in [4.78, 5) is 24.5. The Labute approximate surface area is 243 Å². The lowest BCUT2D eigenvalue weighted by atomic mass is 9.99. The fourth-order valence-electron chi connectivity index (χ4n) is 4.91. The molecule has 12 nitrogen and oxygen atoms in total. The number of aliphatic carboxylic acids is 1. The Hall–Kier alpha value is -5.04. The SMILES string of the molecule is CCOc1c(OC)cc2c(c1OC)c(-c1ccc(OC)cc1OCC(=O)O)c(C(=O)O)n2Cc1ccc2nsnc2c1. The molecular weight excluding hydrogens is 566 g/mol. The van der Waals surface area contributed by atoms with Crippen molar-refractivity contribution in [3.8, 4) is 39.9 Å². The number of benzene rings is 3. The highest BCUT2D eigenvalue weighted by Gasteiger charge is 2.31. The molecule has 3 aromatic carbocycles. The van der Waals surface area contributed by atoms with Gasteiger partial charge in [0.05, 0.1) is 50.6 Å². The standard InChI is InChI=1S/C29H27N3O9S/c1-5-40-27-22(38-3)12-20-25(28(27)39-4)24(17-8-7-16(37-2)11-21(17)41-14-23(33)34)26(29(35)36)32(20)13-15-6-9-18-19(10-15)31-42-30-18/h6-12H,5,13-14H2,1-4H3,(H,33,34)(H,35,36). The van der Waals surface area contributed by atoms with Gasteiger partial charge in [-0.1, -0.05) is 6.07 Å². The van der Waals surface area contributed by atoms with Crippen molar-refractivity contribution in [1.29, 1.82) is 0 Å². The van der Waals surface area contributed by atoms with Gasteiger partial charge in [0.15, 0.2) is 18.1 Å². The molecule has 0 saturated carbocycles. The number of nitrogens with zero attached hydrogens (tertiary/aromatic N) is 3. The third kappa shape index (κ3) is 5.09. The summed E-state index contributed by atoms with van der Waals surface area (Å²) in [6.07, 6.45) is 0. The molecule has 0 saturated heterocycles. The van der Waals surface area contributed by atoms with Crippen molar-refractivity contribution in [2.45, 2.75) is 13.5 Å². The Morgan fingerprint density at radius 2 is 1.67 bits per heavy atom. The third-order valence-corrected chi connectivity index (χ3v) is 7.17. The van der Waals surface area contributed by atoms with E-state index < -0.39 is 18.5 Å². The van der Waals surface area contributed by atoms with E-state index in [1.54, 1.807) is 22.8 Å². The summed E-state index contributed by atoms with van der Waals surface area (Å²) in [6.45, 7) is 1.59. The van der Waals surface area contributed by atoms with Crippen molar-refractivity contribution in [2.24, 2.45) is 0 Å². The first-order valence-corrected chi connectivity index (χ1v) is 13.5. The van der Waals surface area contributed by atoms with Crippen LogP contribution in [-0.2, 0) is 11.3 Å². The van der Waals surface area contributed by atoms with Crippen LogP contribution in [0.25, 0.3) is 33.1 Å². The summed E-state index contributed by atoms with van der Waals surface area (Å²) < 4.78 is 38.6. The van der Waals surface area contributed by atoms with Crippen molar-refractivity contribution < 1.29 is 43.5 Å². The molecule has 5 rings (SSSR count). The molecule has 2 N–H and O–H groups in total. The summed E-state index contributed by atoms with van der Waals surface area (Å²) in [5.74, 6) is -1.02. The zero-order valence-electron chi connectivity index (χ0n) is 23.2. The summed E-state index contributed by atoms with van der Waals surface area (Å²) in [7, 11) is 4.40. The molecule has 0 aliphatic heterocycles. The Kier molecular flexibility index (Phi) is 8.02. The van der Waals surface area contributed by atoms with E-state index in [9.17, 15) is 19.8 Å². The van der Waals surface area contributed by atoms with E-state index in [4.69, 9.17) is 23.7 Å². The maximum atomic E-state index is 13.1. The molecule has 2 heterocycles. The lowest BCUT2D eigenvalue weighted by Gasteiger charge is -2.17. The molecule has 0 fully saturated rings. The molecule has 13 heteroatoms. The largest absolute Gasteiger partial charge is 0.497 e. The van der Waals surface area contributed by atoms with Gasteiger partial charge in [-0.25, -0.2) is 9.59 Å². The predicted octanol–water partition coefficient (Wildman–Crippen LogP) is 4.95. The minimum atomic E-state index is -1.23. The number of aromatic nitrogens is 3. The van der Waals surface area contributed by atoms with Crippen molar-refractivity contribution in [1.82, 2.24) is 13.3 Å². The maximum Gasteiger partial charge on any atom is 0.353 e. The molecule has 0 aliphatic carbocycles. The number of rotatable bonds is 12. The van der Waals surface area contributed by atoms with E-state index in [1.165, 1.54) is 27.4 Å². The van der Waals surface area contributed by atoms with Crippen LogP contribution in [0.1, 0.15) is 23.0 Å². The molecule has 0 spiro atoms. The smallest absolute Gasteiger partial charge is 0.353 e. The van der Waals surface area contributed by atoms with Gasteiger partial charge < -0.3 is 38.5 Å². The van der Waals surface area contributed by atoms with Crippen LogP contribution in [0.2, 0.25) is 0 Å². The van der Waals surface area contributed by atoms with Crippen LogP contribution in [0.15, 0.2) is 42.5 Å². The van der Waals surface area contributed by atoms with Crippen molar-refractivity contribution in [2.75, 3.05) is 34.5 Å². The normalized spacial score (nSPS) is 11.0. The molecule has 2 aromatic heterocycles. The van der Waals surface area contributed by atoms with E-state index in [0.29, 0.717) is 39.2 Å². The Morgan fingerprint density at radius 3 is 2.33 bits per heavy atom. The van der Waals surface area contributed by atoms with Gasteiger partial charge in [-0.3, -0.25) is 0 Å². The minimum Gasteiger partial charge on any atom is -0.497 e. The Morgan fingerprint density at radius 1 is 0.881 bits per heavy atom.